The smallest absolute Gasteiger partial charge is 0.167 e. The van der Waals surface area contributed by atoms with Crippen LogP contribution in [0.15, 0.2) is 42.5 Å². The lowest BCUT2D eigenvalue weighted by atomic mass is 10.2. The summed E-state index contributed by atoms with van der Waals surface area (Å²) < 4.78 is 20.8. The molecule has 3 rings (SSSR count). The molecule has 1 aromatic heterocycles. The lowest BCUT2D eigenvalue weighted by molar-refractivity contribution is 0.386. The van der Waals surface area contributed by atoms with E-state index in [0.29, 0.717) is 11.5 Å². The Morgan fingerprint density at radius 1 is 1.24 bits per heavy atom. The molecule has 108 valence electrons. The fraction of sp³-hybridized carbons (Fsp3) is 0.188. The van der Waals surface area contributed by atoms with E-state index in [4.69, 9.17) is 16.3 Å². The number of benzene rings is 2. The Kier molecular flexibility index (Phi) is 3.55. The molecule has 0 aliphatic heterocycles. The molecule has 0 aliphatic carbocycles. The zero-order valence-electron chi connectivity index (χ0n) is 11.7. The highest BCUT2D eigenvalue weighted by Gasteiger charge is 2.17. The number of ether oxygens (including phenoxy) is 1. The van der Waals surface area contributed by atoms with Crippen molar-refractivity contribution in [3.05, 3.63) is 54.1 Å². The van der Waals surface area contributed by atoms with E-state index in [1.807, 2.05) is 35.8 Å². The minimum atomic E-state index is -0.416. The Morgan fingerprint density at radius 3 is 2.67 bits per heavy atom. The van der Waals surface area contributed by atoms with E-state index in [-0.39, 0.29) is 11.1 Å². The van der Waals surface area contributed by atoms with Gasteiger partial charge in [-0.1, -0.05) is 12.1 Å². The maximum atomic E-state index is 14.0. The summed E-state index contributed by atoms with van der Waals surface area (Å²) >= 11 is 6.23. The molecule has 0 N–H and O–H groups in total. The van der Waals surface area contributed by atoms with Crippen LogP contribution in [0, 0.1) is 5.82 Å². The van der Waals surface area contributed by atoms with Crippen molar-refractivity contribution in [3.63, 3.8) is 0 Å². The first-order chi connectivity index (χ1) is 10.1. The van der Waals surface area contributed by atoms with E-state index < -0.39 is 5.82 Å². The summed E-state index contributed by atoms with van der Waals surface area (Å²) in [6.07, 6.45) is 0. The predicted molar refractivity (Wildman–Crippen MR) is 81.8 cm³/mol. The van der Waals surface area contributed by atoms with Gasteiger partial charge in [-0.15, -0.1) is 11.6 Å². The van der Waals surface area contributed by atoms with E-state index in [1.54, 1.807) is 12.1 Å². The molecule has 0 amide bonds. The number of hydrogen-bond donors (Lipinski definition) is 0. The van der Waals surface area contributed by atoms with Crippen LogP contribution in [0.2, 0.25) is 0 Å². The number of hydrogen-bond acceptors (Lipinski definition) is 2. The number of methoxy groups -OCH3 is 1. The third-order valence-electron chi connectivity index (χ3n) is 3.34. The SMILES string of the molecule is COc1ccc(-n2c(C(C)Cl)nc3ccccc32)cc1F. The molecule has 1 atom stereocenters. The predicted octanol–water partition coefficient (Wildman–Crippen LogP) is 4.47. The van der Waals surface area contributed by atoms with Gasteiger partial charge in [-0.05, 0) is 31.2 Å². The van der Waals surface area contributed by atoms with E-state index in [9.17, 15) is 4.39 Å². The number of para-hydroxylation sites is 2. The van der Waals surface area contributed by atoms with Gasteiger partial charge in [0.25, 0.3) is 0 Å². The molecule has 0 saturated carbocycles. The Balaban J connectivity index is 2.27. The van der Waals surface area contributed by atoms with Crippen molar-refractivity contribution in [2.75, 3.05) is 7.11 Å². The van der Waals surface area contributed by atoms with Crippen molar-refractivity contribution in [1.82, 2.24) is 9.55 Å². The number of nitrogens with zero attached hydrogens (tertiary/aromatic N) is 2. The zero-order valence-corrected chi connectivity index (χ0v) is 12.4. The van der Waals surface area contributed by atoms with E-state index >= 15 is 0 Å². The second kappa shape index (κ2) is 5.37. The first-order valence-electron chi connectivity index (χ1n) is 6.57. The highest BCUT2D eigenvalue weighted by atomic mass is 35.5. The summed E-state index contributed by atoms with van der Waals surface area (Å²) in [5.41, 5.74) is 2.39. The van der Waals surface area contributed by atoms with Crippen LogP contribution >= 0.6 is 11.6 Å². The van der Waals surface area contributed by atoms with Crippen molar-refractivity contribution >= 4 is 22.6 Å². The standard InChI is InChI=1S/C16H14ClFN2O/c1-10(17)16-19-13-5-3-4-6-14(13)20(16)11-7-8-15(21-2)12(18)9-11/h3-10H,1-2H3. The van der Waals surface area contributed by atoms with E-state index in [0.717, 1.165) is 11.0 Å². The molecule has 2 aromatic carbocycles. The second-order valence-electron chi connectivity index (χ2n) is 4.73. The van der Waals surface area contributed by atoms with Crippen LogP contribution < -0.4 is 4.74 Å². The number of halogens is 2. The molecule has 0 radical (unpaired) electrons. The van der Waals surface area contributed by atoms with Gasteiger partial charge in [0.15, 0.2) is 11.6 Å². The topological polar surface area (TPSA) is 27.1 Å². The van der Waals surface area contributed by atoms with Crippen LogP contribution in [0.4, 0.5) is 4.39 Å². The molecule has 0 fully saturated rings. The average molecular weight is 305 g/mol. The molecule has 1 unspecified atom stereocenters. The van der Waals surface area contributed by atoms with Gasteiger partial charge >= 0.3 is 0 Å². The molecule has 0 spiro atoms. The average Bonchev–Trinajstić information content (AvgIpc) is 2.86. The monoisotopic (exact) mass is 304 g/mol. The highest BCUT2D eigenvalue weighted by molar-refractivity contribution is 6.20. The molecule has 1 heterocycles. The van der Waals surface area contributed by atoms with Crippen molar-refractivity contribution in [1.29, 1.82) is 0 Å². The van der Waals surface area contributed by atoms with Crippen LogP contribution in [-0.4, -0.2) is 16.7 Å². The maximum Gasteiger partial charge on any atom is 0.167 e. The second-order valence-corrected chi connectivity index (χ2v) is 5.38. The quantitative estimate of drug-likeness (QED) is 0.667. The van der Waals surface area contributed by atoms with Gasteiger partial charge < -0.3 is 4.74 Å². The Bertz CT molecular complexity index is 798. The van der Waals surface area contributed by atoms with Crippen molar-refractivity contribution in [2.45, 2.75) is 12.3 Å². The van der Waals surface area contributed by atoms with Gasteiger partial charge in [0.2, 0.25) is 0 Å². The number of imidazole rings is 1. The van der Waals surface area contributed by atoms with Gasteiger partial charge in [-0.2, -0.15) is 0 Å². The zero-order chi connectivity index (χ0) is 15.0. The van der Waals surface area contributed by atoms with Gasteiger partial charge in [-0.3, -0.25) is 4.57 Å². The molecule has 3 nitrogen and oxygen atoms in total. The number of fused-ring (bicyclic) bond motifs is 1. The summed E-state index contributed by atoms with van der Waals surface area (Å²) in [6.45, 7) is 1.85. The normalized spacial score (nSPS) is 12.6. The molecular weight excluding hydrogens is 291 g/mol. The van der Waals surface area contributed by atoms with Crippen molar-refractivity contribution in [2.24, 2.45) is 0 Å². The van der Waals surface area contributed by atoms with Gasteiger partial charge in [0, 0.05) is 6.07 Å². The van der Waals surface area contributed by atoms with Crippen LogP contribution in [0.3, 0.4) is 0 Å². The molecule has 0 bridgehead atoms. The Hall–Kier alpha value is -2.07. The van der Waals surface area contributed by atoms with Crippen LogP contribution in [0.1, 0.15) is 18.1 Å². The number of aromatic nitrogens is 2. The minimum Gasteiger partial charge on any atom is -0.494 e. The van der Waals surface area contributed by atoms with Crippen LogP contribution in [0.25, 0.3) is 16.7 Å². The molecule has 0 saturated heterocycles. The Labute approximate surface area is 126 Å². The van der Waals surface area contributed by atoms with Crippen LogP contribution in [0.5, 0.6) is 5.75 Å². The summed E-state index contributed by atoms with van der Waals surface area (Å²) in [5.74, 6) is 0.479. The Morgan fingerprint density at radius 2 is 2.00 bits per heavy atom. The molecular formula is C16H14ClFN2O. The van der Waals surface area contributed by atoms with E-state index in [1.165, 1.54) is 13.2 Å². The molecule has 0 aliphatic rings. The fourth-order valence-electron chi connectivity index (χ4n) is 2.38. The summed E-state index contributed by atoms with van der Waals surface area (Å²) in [4.78, 5) is 4.54. The third kappa shape index (κ3) is 2.36. The summed E-state index contributed by atoms with van der Waals surface area (Å²) in [6, 6.07) is 12.5. The lowest BCUT2D eigenvalue weighted by Crippen LogP contribution is -2.02. The minimum absolute atomic E-state index is 0.212. The lowest BCUT2D eigenvalue weighted by Gasteiger charge is -2.12. The van der Waals surface area contributed by atoms with Crippen LogP contribution in [-0.2, 0) is 0 Å². The van der Waals surface area contributed by atoms with Gasteiger partial charge in [-0.25, -0.2) is 9.37 Å². The van der Waals surface area contributed by atoms with Crippen molar-refractivity contribution in [3.8, 4) is 11.4 Å². The highest BCUT2D eigenvalue weighted by Crippen LogP contribution is 2.29. The summed E-state index contributed by atoms with van der Waals surface area (Å²) in [5, 5.41) is -0.289. The number of alkyl halides is 1. The molecule has 3 aromatic rings. The van der Waals surface area contributed by atoms with Gasteiger partial charge in [0.05, 0.1) is 29.2 Å². The fourth-order valence-corrected chi connectivity index (χ4v) is 2.52. The number of rotatable bonds is 3. The first-order valence-corrected chi connectivity index (χ1v) is 7.01. The summed E-state index contributed by atoms with van der Waals surface area (Å²) in [7, 11) is 1.44. The first kappa shape index (κ1) is 13.9. The largest absolute Gasteiger partial charge is 0.494 e. The van der Waals surface area contributed by atoms with Crippen molar-refractivity contribution < 1.29 is 9.13 Å². The van der Waals surface area contributed by atoms with E-state index in [2.05, 4.69) is 4.98 Å². The van der Waals surface area contributed by atoms with Gasteiger partial charge in [0.1, 0.15) is 5.82 Å². The molecule has 21 heavy (non-hydrogen) atoms. The molecule has 5 heteroatoms. The maximum absolute atomic E-state index is 14.0. The third-order valence-corrected chi connectivity index (χ3v) is 3.53.